The zero-order chi connectivity index (χ0) is 14.0. The maximum absolute atomic E-state index is 5.90. The summed E-state index contributed by atoms with van der Waals surface area (Å²) in [5, 5.41) is 0. The Morgan fingerprint density at radius 1 is 1.16 bits per heavy atom. The molecule has 0 aliphatic carbocycles. The minimum atomic E-state index is 0.667. The summed E-state index contributed by atoms with van der Waals surface area (Å²) in [6.45, 7) is 13.2. The van der Waals surface area contributed by atoms with Crippen LogP contribution >= 0.6 is 0 Å². The minimum Gasteiger partial charge on any atom is -0.330 e. The number of hydrogen-bond acceptors (Lipinski definition) is 2. The molecule has 0 amide bonds. The Morgan fingerprint density at radius 2 is 1.84 bits per heavy atom. The summed E-state index contributed by atoms with van der Waals surface area (Å²) >= 11 is 0. The standard InChI is InChI=1S/C17H28N2/c1-12-5-6-19(11-17(12)9-18)10-16-8-14(3)13(2)7-15(16)4/h7-8,12,17H,5-6,9-11,18H2,1-4H3. The highest BCUT2D eigenvalue weighted by atomic mass is 15.1. The first-order chi connectivity index (χ1) is 9.01. The molecule has 1 aromatic rings. The normalized spacial score (nSPS) is 24.7. The molecule has 2 atom stereocenters. The Labute approximate surface area is 118 Å². The SMILES string of the molecule is Cc1cc(C)c(CN2CCC(C)C(CN)C2)cc1C. The molecule has 1 aliphatic heterocycles. The molecule has 2 rings (SSSR count). The minimum absolute atomic E-state index is 0.667. The maximum atomic E-state index is 5.90. The fraction of sp³-hybridized carbons (Fsp3) is 0.647. The number of nitrogens with two attached hydrogens (primary N) is 1. The van der Waals surface area contributed by atoms with E-state index in [1.54, 1.807) is 0 Å². The summed E-state index contributed by atoms with van der Waals surface area (Å²) in [7, 11) is 0. The van der Waals surface area contributed by atoms with Crippen molar-refractivity contribution >= 4 is 0 Å². The molecule has 1 fully saturated rings. The van der Waals surface area contributed by atoms with Gasteiger partial charge in [-0.2, -0.15) is 0 Å². The summed E-state index contributed by atoms with van der Waals surface area (Å²) in [4.78, 5) is 2.58. The molecule has 2 unspecified atom stereocenters. The van der Waals surface area contributed by atoms with Crippen LogP contribution in [0, 0.1) is 32.6 Å². The average Bonchev–Trinajstić information content (AvgIpc) is 2.38. The first-order valence-electron chi connectivity index (χ1n) is 7.50. The van der Waals surface area contributed by atoms with E-state index in [0.717, 1.165) is 25.6 Å². The van der Waals surface area contributed by atoms with Crippen LogP contribution in [-0.4, -0.2) is 24.5 Å². The fourth-order valence-corrected chi connectivity index (χ4v) is 3.11. The lowest BCUT2D eigenvalue weighted by atomic mass is 9.87. The smallest absolute Gasteiger partial charge is 0.0236 e. The molecule has 1 saturated heterocycles. The monoisotopic (exact) mass is 260 g/mol. The van der Waals surface area contributed by atoms with E-state index in [9.17, 15) is 0 Å². The Bertz CT molecular complexity index is 439. The van der Waals surface area contributed by atoms with Crippen molar-refractivity contribution in [1.82, 2.24) is 4.90 Å². The topological polar surface area (TPSA) is 29.3 Å². The van der Waals surface area contributed by atoms with Crippen LogP contribution in [0.25, 0.3) is 0 Å². The molecule has 1 heterocycles. The predicted octanol–water partition coefficient (Wildman–Crippen LogP) is 3.03. The van der Waals surface area contributed by atoms with Gasteiger partial charge in [0.05, 0.1) is 0 Å². The number of rotatable bonds is 3. The van der Waals surface area contributed by atoms with E-state index in [0.29, 0.717) is 5.92 Å². The highest BCUT2D eigenvalue weighted by Gasteiger charge is 2.25. The number of aryl methyl sites for hydroxylation is 3. The molecule has 2 heteroatoms. The number of hydrogen-bond donors (Lipinski definition) is 1. The molecule has 0 aromatic heterocycles. The highest BCUT2D eigenvalue weighted by Crippen LogP contribution is 2.25. The largest absolute Gasteiger partial charge is 0.330 e. The fourth-order valence-electron chi connectivity index (χ4n) is 3.11. The van der Waals surface area contributed by atoms with Crippen molar-refractivity contribution in [2.24, 2.45) is 17.6 Å². The lowest BCUT2D eigenvalue weighted by Gasteiger charge is -2.36. The molecule has 0 saturated carbocycles. The molecule has 106 valence electrons. The summed E-state index contributed by atoms with van der Waals surface area (Å²) in [5.74, 6) is 1.45. The second kappa shape index (κ2) is 6.06. The van der Waals surface area contributed by atoms with Gasteiger partial charge in [0.2, 0.25) is 0 Å². The van der Waals surface area contributed by atoms with Gasteiger partial charge in [-0.25, -0.2) is 0 Å². The van der Waals surface area contributed by atoms with E-state index in [1.807, 2.05) is 0 Å². The second-order valence-electron chi connectivity index (χ2n) is 6.36. The van der Waals surface area contributed by atoms with Gasteiger partial charge in [0.15, 0.2) is 0 Å². The Kier molecular flexibility index (Phi) is 4.64. The van der Waals surface area contributed by atoms with Gasteiger partial charge in [-0.05, 0) is 74.4 Å². The zero-order valence-corrected chi connectivity index (χ0v) is 12.9. The highest BCUT2D eigenvalue weighted by molar-refractivity contribution is 5.36. The van der Waals surface area contributed by atoms with Gasteiger partial charge >= 0.3 is 0 Å². The first-order valence-corrected chi connectivity index (χ1v) is 7.50. The van der Waals surface area contributed by atoms with Crippen LogP contribution in [0.4, 0.5) is 0 Å². The molecular formula is C17H28N2. The van der Waals surface area contributed by atoms with Crippen molar-refractivity contribution in [2.75, 3.05) is 19.6 Å². The molecule has 19 heavy (non-hydrogen) atoms. The first kappa shape index (κ1) is 14.5. The van der Waals surface area contributed by atoms with E-state index in [-0.39, 0.29) is 0 Å². The number of nitrogens with zero attached hydrogens (tertiary/aromatic N) is 1. The molecular weight excluding hydrogens is 232 g/mol. The van der Waals surface area contributed by atoms with Crippen molar-refractivity contribution in [3.05, 3.63) is 34.4 Å². The van der Waals surface area contributed by atoms with E-state index < -0.39 is 0 Å². The molecule has 0 bridgehead atoms. The Balaban J connectivity index is 2.07. The summed E-state index contributed by atoms with van der Waals surface area (Å²) in [6, 6.07) is 4.68. The van der Waals surface area contributed by atoms with Crippen LogP contribution in [0.1, 0.15) is 35.6 Å². The van der Waals surface area contributed by atoms with Gasteiger partial charge in [-0.15, -0.1) is 0 Å². The third kappa shape index (κ3) is 3.37. The van der Waals surface area contributed by atoms with Crippen LogP contribution < -0.4 is 5.73 Å². The maximum Gasteiger partial charge on any atom is 0.0236 e. The van der Waals surface area contributed by atoms with Crippen molar-refractivity contribution in [3.8, 4) is 0 Å². The summed E-state index contributed by atoms with van der Waals surface area (Å²) < 4.78 is 0. The lowest BCUT2D eigenvalue weighted by Crippen LogP contribution is -2.42. The van der Waals surface area contributed by atoms with Gasteiger partial charge in [0, 0.05) is 13.1 Å². The van der Waals surface area contributed by atoms with Crippen LogP contribution in [-0.2, 0) is 6.54 Å². The summed E-state index contributed by atoms with van der Waals surface area (Å²) in [5.41, 5.74) is 11.6. The molecule has 0 spiro atoms. The number of likely N-dealkylation sites (tertiary alicyclic amines) is 1. The average molecular weight is 260 g/mol. The predicted molar refractivity (Wildman–Crippen MR) is 82.3 cm³/mol. The third-order valence-corrected chi connectivity index (χ3v) is 4.85. The molecule has 0 radical (unpaired) electrons. The van der Waals surface area contributed by atoms with Gasteiger partial charge in [0.1, 0.15) is 0 Å². The summed E-state index contributed by atoms with van der Waals surface area (Å²) in [6.07, 6.45) is 1.28. The van der Waals surface area contributed by atoms with Crippen molar-refractivity contribution < 1.29 is 0 Å². The quantitative estimate of drug-likeness (QED) is 0.905. The Morgan fingerprint density at radius 3 is 2.53 bits per heavy atom. The van der Waals surface area contributed by atoms with Crippen molar-refractivity contribution in [3.63, 3.8) is 0 Å². The number of benzene rings is 1. The third-order valence-electron chi connectivity index (χ3n) is 4.85. The van der Waals surface area contributed by atoms with Crippen molar-refractivity contribution in [2.45, 2.75) is 40.7 Å². The number of piperidine rings is 1. The molecule has 2 nitrogen and oxygen atoms in total. The zero-order valence-electron chi connectivity index (χ0n) is 12.9. The van der Waals surface area contributed by atoms with E-state index in [4.69, 9.17) is 5.73 Å². The van der Waals surface area contributed by atoms with Gasteiger partial charge in [-0.1, -0.05) is 19.1 Å². The van der Waals surface area contributed by atoms with Crippen LogP contribution in [0.5, 0.6) is 0 Å². The van der Waals surface area contributed by atoms with Crippen LogP contribution in [0.15, 0.2) is 12.1 Å². The van der Waals surface area contributed by atoms with E-state index >= 15 is 0 Å². The molecule has 1 aliphatic rings. The second-order valence-corrected chi connectivity index (χ2v) is 6.36. The van der Waals surface area contributed by atoms with Gasteiger partial charge < -0.3 is 5.73 Å². The van der Waals surface area contributed by atoms with Crippen LogP contribution in [0.2, 0.25) is 0 Å². The molecule has 2 N–H and O–H groups in total. The van der Waals surface area contributed by atoms with Gasteiger partial charge in [-0.3, -0.25) is 4.90 Å². The van der Waals surface area contributed by atoms with Crippen molar-refractivity contribution in [1.29, 1.82) is 0 Å². The molecule has 1 aromatic carbocycles. The lowest BCUT2D eigenvalue weighted by molar-refractivity contribution is 0.126. The van der Waals surface area contributed by atoms with Crippen LogP contribution in [0.3, 0.4) is 0 Å². The Hall–Kier alpha value is -0.860. The van der Waals surface area contributed by atoms with E-state index in [1.165, 1.54) is 35.2 Å². The van der Waals surface area contributed by atoms with E-state index in [2.05, 4.69) is 44.7 Å². The van der Waals surface area contributed by atoms with Gasteiger partial charge in [0.25, 0.3) is 0 Å².